The lowest BCUT2D eigenvalue weighted by atomic mass is 9.92. The van der Waals surface area contributed by atoms with Gasteiger partial charge in [0.05, 0.1) is 5.56 Å². The molecule has 4 heteroatoms. The third-order valence-corrected chi connectivity index (χ3v) is 4.65. The van der Waals surface area contributed by atoms with Crippen LogP contribution in [0.3, 0.4) is 0 Å². The lowest BCUT2D eigenvalue weighted by Gasteiger charge is -2.31. The topological polar surface area (TPSA) is 38.3 Å². The monoisotopic (exact) mass is 349 g/mol. The largest absolute Gasteiger partial charge is 0.427 e. The summed E-state index contributed by atoms with van der Waals surface area (Å²) >= 11 is 5.99. The van der Waals surface area contributed by atoms with Gasteiger partial charge in [-0.25, -0.2) is 4.79 Å². The highest BCUT2D eigenvalue weighted by Gasteiger charge is 2.47. The molecule has 0 radical (unpaired) electrons. The average Bonchev–Trinajstić information content (AvgIpc) is 2.91. The standard InChI is InChI=1S/C21H16ClNO2/c1-14-6-8-15(9-7-14)21(23-17-12-10-16(22)11-13-17)19-5-3-2-4-18(19)20(24)25-21/h2-13,23H,1H3. The number of fused-ring (bicyclic) bond motifs is 1. The Morgan fingerprint density at radius 2 is 1.60 bits per heavy atom. The number of anilines is 1. The van der Waals surface area contributed by atoms with Crippen LogP contribution in [0.25, 0.3) is 0 Å². The Morgan fingerprint density at radius 1 is 0.920 bits per heavy atom. The number of rotatable bonds is 3. The maximum Gasteiger partial charge on any atom is 0.341 e. The van der Waals surface area contributed by atoms with Crippen molar-refractivity contribution >= 4 is 23.3 Å². The van der Waals surface area contributed by atoms with Gasteiger partial charge in [-0.3, -0.25) is 0 Å². The minimum absolute atomic E-state index is 0.336. The first-order chi connectivity index (χ1) is 12.1. The van der Waals surface area contributed by atoms with Gasteiger partial charge >= 0.3 is 5.97 Å². The van der Waals surface area contributed by atoms with Crippen LogP contribution in [0.15, 0.2) is 72.8 Å². The summed E-state index contributed by atoms with van der Waals surface area (Å²) in [6.45, 7) is 2.03. The van der Waals surface area contributed by atoms with E-state index in [0.717, 1.165) is 22.4 Å². The van der Waals surface area contributed by atoms with Gasteiger partial charge < -0.3 is 10.1 Å². The van der Waals surface area contributed by atoms with E-state index in [1.165, 1.54) is 0 Å². The second-order valence-electron chi connectivity index (χ2n) is 6.11. The Kier molecular flexibility index (Phi) is 3.74. The highest BCUT2D eigenvalue weighted by molar-refractivity contribution is 6.30. The summed E-state index contributed by atoms with van der Waals surface area (Å²) in [6, 6.07) is 22.8. The fourth-order valence-electron chi connectivity index (χ4n) is 3.12. The van der Waals surface area contributed by atoms with Crippen molar-refractivity contribution in [3.63, 3.8) is 0 Å². The Hall–Kier alpha value is -2.78. The molecule has 1 aliphatic rings. The zero-order valence-electron chi connectivity index (χ0n) is 13.6. The predicted octanol–water partition coefficient (Wildman–Crippen LogP) is 5.13. The molecule has 1 N–H and O–H groups in total. The normalized spacial score (nSPS) is 18.6. The Bertz CT molecular complexity index is 935. The number of halogens is 1. The summed E-state index contributed by atoms with van der Waals surface area (Å²) in [5.41, 5.74) is 3.14. The summed E-state index contributed by atoms with van der Waals surface area (Å²) < 4.78 is 5.90. The fourth-order valence-corrected chi connectivity index (χ4v) is 3.25. The molecular formula is C21H16ClNO2. The van der Waals surface area contributed by atoms with Crippen LogP contribution < -0.4 is 5.32 Å². The molecule has 3 aromatic rings. The molecule has 1 unspecified atom stereocenters. The number of esters is 1. The average molecular weight is 350 g/mol. The van der Waals surface area contributed by atoms with Gasteiger partial charge in [0.25, 0.3) is 0 Å². The second kappa shape index (κ2) is 5.94. The number of carbonyl (C=O) groups excluding carboxylic acids is 1. The molecule has 3 nitrogen and oxygen atoms in total. The van der Waals surface area contributed by atoms with E-state index in [2.05, 4.69) is 5.32 Å². The fraction of sp³-hybridized carbons (Fsp3) is 0.0952. The smallest absolute Gasteiger partial charge is 0.341 e. The molecule has 0 saturated carbocycles. The number of cyclic esters (lactones) is 1. The Labute approximate surface area is 151 Å². The van der Waals surface area contributed by atoms with Crippen LogP contribution in [0, 0.1) is 6.92 Å². The number of benzene rings is 3. The minimum Gasteiger partial charge on any atom is -0.427 e. The molecule has 124 valence electrons. The van der Waals surface area contributed by atoms with Gasteiger partial charge in [-0.1, -0.05) is 59.6 Å². The zero-order chi connectivity index (χ0) is 17.4. The van der Waals surface area contributed by atoms with Gasteiger partial charge in [-0.2, -0.15) is 0 Å². The summed E-state index contributed by atoms with van der Waals surface area (Å²) in [5, 5.41) is 4.05. The molecule has 1 heterocycles. The first-order valence-electron chi connectivity index (χ1n) is 8.02. The van der Waals surface area contributed by atoms with Crippen molar-refractivity contribution in [1.29, 1.82) is 0 Å². The summed E-state index contributed by atoms with van der Waals surface area (Å²) in [6.07, 6.45) is 0. The third kappa shape index (κ3) is 2.67. The van der Waals surface area contributed by atoms with Crippen molar-refractivity contribution in [2.24, 2.45) is 0 Å². The molecule has 0 saturated heterocycles. The van der Waals surface area contributed by atoms with Crippen LogP contribution in [-0.4, -0.2) is 5.97 Å². The summed E-state index contributed by atoms with van der Waals surface area (Å²) in [4.78, 5) is 12.5. The van der Waals surface area contributed by atoms with E-state index in [1.54, 1.807) is 18.2 Å². The zero-order valence-corrected chi connectivity index (χ0v) is 14.4. The van der Waals surface area contributed by atoms with Gasteiger partial charge in [-0.15, -0.1) is 0 Å². The van der Waals surface area contributed by atoms with Crippen LogP contribution in [0.1, 0.15) is 27.0 Å². The molecular weight excluding hydrogens is 334 g/mol. The van der Waals surface area contributed by atoms with Gasteiger partial charge in [0.1, 0.15) is 0 Å². The molecule has 1 atom stereocenters. The number of nitrogens with one attached hydrogen (secondary N) is 1. The van der Waals surface area contributed by atoms with Gasteiger partial charge in [0, 0.05) is 21.8 Å². The van der Waals surface area contributed by atoms with E-state index in [-0.39, 0.29) is 5.97 Å². The van der Waals surface area contributed by atoms with Crippen molar-refractivity contribution in [2.45, 2.75) is 12.6 Å². The van der Waals surface area contributed by atoms with Crippen LogP contribution in [0.4, 0.5) is 5.69 Å². The maximum absolute atomic E-state index is 12.5. The van der Waals surface area contributed by atoms with Gasteiger partial charge in [0.2, 0.25) is 5.72 Å². The molecule has 0 aliphatic carbocycles. The van der Waals surface area contributed by atoms with Crippen molar-refractivity contribution < 1.29 is 9.53 Å². The number of carbonyl (C=O) groups is 1. The first kappa shape index (κ1) is 15.7. The van der Waals surface area contributed by atoms with E-state index >= 15 is 0 Å². The van der Waals surface area contributed by atoms with Crippen molar-refractivity contribution in [3.05, 3.63) is 100 Å². The Balaban J connectivity index is 1.89. The molecule has 4 rings (SSSR count). The van der Waals surface area contributed by atoms with Crippen LogP contribution in [0.2, 0.25) is 5.02 Å². The molecule has 25 heavy (non-hydrogen) atoms. The lowest BCUT2D eigenvalue weighted by Crippen LogP contribution is -2.37. The second-order valence-corrected chi connectivity index (χ2v) is 6.55. The third-order valence-electron chi connectivity index (χ3n) is 4.39. The number of hydrogen-bond donors (Lipinski definition) is 1. The van der Waals surface area contributed by atoms with Crippen LogP contribution in [-0.2, 0) is 10.5 Å². The number of aryl methyl sites for hydroxylation is 1. The highest BCUT2D eigenvalue weighted by atomic mass is 35.5. The van der Waals surface area contributed by atoms with E-state index < -0.39 is 5.72 Å². The quantitative estimate of drug-likeness (QED) is 0.666. The Morgan fingerprint density at radius 3 is 2.32 bits per heavy atom. The number of ether oxygens (including phenoxy) is 1. The maximum atomic E-state index is 12.5. The van der Waals surface area contributed by atoms with Crippen molar-refractivity contribution in [2.75, 3.05) is 5.32 Å². The molecule has 0 aromatic heterocycles. The molecule has 0 spiro atoms. The minimum atomic E-state index is -1.06. The van der Waals surface area contributed by atoms with E-state index in [0.29, 0.717) is 10.6 Å². The summed E-state index contributed by atoms with van der Waals surface area (Å²) in [5.74, 6) is -0.336. The van der Waals surface area contributed by atoms with Crippen LogP contribution >= 0.6 is 11.6 Å². The molecule has 0 fully saturated rings. The first-order valence-corrected chi connectivity index (χ1v) is 8.40. The van der Waals surface area contributed by atoms with Crippen LogP contribution in [0.5, 0.6) is 0 Å². The molecule has 0 amide bonds. The summed E-state index contributed by atoms with van der Waals surface area (Å²) in [7, 11) is 0. The van der Waals surface area contributed by atoms with E-state index in [4.69, 9.17) is 16.3 Å². The molecule has 1 aliphatic heterocycles. The predicted molar refractivity (Wildman–Crippen MR) is 98.9 cm³/mol. The highest BCUT2D eigenvalue weighted by Crippen LogP contribution is 2.42. The molecule has 3 aromatic carbocycles. The van der Waals surface area contributed by atoms with E-state index in [9.17, 15) is 4.79 Å². The molecule has 0 bridgehead atoms. The van der Waals surface area contributed by atoms with Crippen molar-refractivity contribution in [3.8, 4) is 0 Å². The van der Waals surface area contributed by atoms with E-state index in [1.807, 2.05) is 61.5 Å². The van der Waals surface area contributed by atoms with Gasteiger partial charge in [0.15, 0.2) is 0 Å². The lowest BCUT2D eigenvalue weighted by molar-refractivity contribution is 0.0212. The van der Waals surface area contributed by atoms with Gasteiger partial charge in [-0.05, 0) is 37.3 Å². The number of hydrogen-bond acceptors (Lipinski definition) is 3. The van der Waals surface area contributed by atoms with Crippen molar-refractivity contribution in [1.82, 2.24) is 0 Å². The SMILES string of the molecule is Cc1ccc(C2(Nc3ccc(Cl)cc3)OC(=O)c3ccccc32)cc1.